The van der Waals surface area contributed by atoms with Crippen LogP contribution in [0.5, 0.6) is 5.75 Å². The Bertz CT molecular complexity index is 263. The highest BCUT2D eigenvalue weighted by molar-refractivity contribution is 5.21. The zero-order valence-electron chi connectivity index (χ0n) is 7.35. The first-order valence-corrected chi connectivity index (χ1v) is 4.41. The van der Waals surface area contributed by atoms with E-state index in [1.165, 1.54) is 0 Å². The third-order valence-electron chi connectivity index (χ3n) is 2.10. The molecule has 1 aliphatic rings. The summed E-state index contributed by atoms with van der Waals surface area (Å²) in [5, 5.41) is 0. The third kappa shape index (κ3) is 1.99. The maximum Gasteiger partial charge on any atom is 0.139 e. The lowest BCUT2D eigenvalue weighted by atomic mass is 10.2. The van der Waals surface area contributed by atoms with Crippen molar-refractivity contribution in [3.8, 4) is 5.75 Å². The summed E-state index contributed by atoms with van der Waals surface area (Å²) in [6.45, 7) is 1.19. The monoisotopic (exact) mass is 179 g/mol. The minimum atomic E-state index is 0.000191. The Morgan fingerprint density at radius 2 is 2.00 bits per heavy atom. The zero-order chi connectivity index (χ0) is 9.10. The highest BCUT2D eigenvalue weighted by Gasteiger charge is 2.26. The van der Waals surface area contributed by atoms with Gasteiger partial charge in [-0.25, -0.2) is 0 Å². The zero-order valence-corrected chi connectivity index (χ0v) is 7.35. The molecule has 0 aliphatic carbocycles. The van der Waals surface area contributed by atoms with Crippen LogP contribution in [0.3, 0.4) is 0 Å². The van der Waals surface area contributed by atoms with E-state index in [1.807, 2.05) is 30.3 Å². The summed E-state index contributed by atoms with van der Waals surface area (Å²) in [4.78, 5) is 0. The van der Waals surface area contributed by atoms with Gasteiger partial charge in [0, 0.05) is 0 Å². The summed E-state index contributed by atoms with van der Waals surface area (Å²) in [6.07, 6.45) is 0.00222. The van der Waals surface area contributed by atoms with Gasteiger partial charge in [-0.3, -0.25) is 0 Å². The number of hydrogen-bond acceptors (Lipinski definition) is 3. The molecule has 0 amide bonds. The molecule has 3 heteroatoms. The van der Waals surface area contributed by atoms with Gasteiger partial charge < -0.3 is 15.2 Å². The predicted molar refractivity (Wildman–Crippen MR) is 49.7 cm³/mol. The number of nitrogens with two attached hydrogens (primary N) is 1. The Morgan fingerprint density at radius 3 is 2.62 bits per heavy atom. The average Bonchev–Trinajstić information content (AvgIpc) is 2.54. The molecule has 1 aromatic carbocycles. The van der Waals surface area contributed by atoms with Crippen molar-refractivity contribution < 1.29 is 9.47 Å². The molecule has 0 saturated carbocycles. The topological polar surface area (TPSA) is 44.5 Å². The fourth-order valence-electron chi connectivity index (χ4n) is 1.35. The van der Waals surface area contributed by atoms with Crippen LogP contribution in [0.1, 0.15) is 0 Å². The first-order valence-electron chi connectivity index (χ1n) is 4.41. The molecule has 2 N–H and O–H groups in total. The summed E-state index contributed by atoms with van der Waals surface area (Å²) in [6, 6.07) is 9.68. The van der Waals surface area contributed by atoms with Crippen molar-refractivity contribution in [3.05, 3.63) is 30.3 Å². The fraction of sp³-hybridized carbons (Fsp3) is 0.400. The Labute approximate surface area is 77.5 Å². The van der Waals surface area contributed by atoms with E-state index in [4.69, 9.17) is 15.2 Å². The highest BCUT2D eigenvalue weighted by Crippen LogP contribution is 2.15. The molecule has 1 aliphatic heterocycles. The number of rotatable bonds is 2. The van der Waals surface area contributed by atoms with Crippen molar-refractivity contribution in [1.82, 2.24) is 0 Å². The van der Waals surface area contributed by atoms with Crippen molar-refractivity contribution in [2.45, 2.75) is 12.1 Å². The van der Waals surface area contributed by atoms with Crippen molar-refractivity contribution in [2.24, 2.45) is 5.73 Å². The second kappa shape index (κ2) is 3.77. The van der Waals surface area contributed by atoms with Gasteiger partial charge in [-0.05, 0) is 12.1 Å². The lowest BCUT2D eigenvalue weighted by Gasteiger charge is -2.15. The van der Waals surface area contributed by atoms with Crippen molar-refractivity contribution >= 4 is 0 Å². The van der Waals surface area contributed by atoms with E-state index in [-0.39, 0.29) is 12.1 Å². The normalized spacial score (nSPS) is 27.5. The van der Waals surface area contributed by atoms with Crippen LogP contribution in [-0.2, 0) is 4.74 Å². The maximum absolute atomic E-state index is 5.78. The van der Waals surface area contributed by atoms with Crippen molar-refractivity contribution in [1.29, 1.82) is 0 Å². The molecule has 13 heavy (non-hydrogen) atoms. The van der Waals surface area contributed by atoms with E-state index in [1.54, 1.807) is 0 Å². The first-order chi connectivity index (χ1) is 6.36. The van der Waals surface area contributed by atoms with Gasteiger partial charge in [0.25, 0.3) is 0 Å². The quantitative estimate of drug-likeness (QED) is 0.730. The van der Waals surface area contributed by atoms with Gasteiger partial charge >= 0.3 is 0 Å². The molecular formula is C10H13NO2. The molecule has 70 valence electrons. The molecule has 1 saturated heterocycles. The number of para-hydroxylation sites is 1. The molecule has 0 unspecified atom stereocenters. The Kier molecular flexibility index (Phi) is 2.47. The highest BCUT2D eigenvalue weighted by atomic mass is 16.5. The van der Waals surface area contributed by atoms with Crippen LogP contribution in [0.2, 0.25) is 0 Å². The average molecular weight is 179 g/mol. The van der Waals surface area contributed by atoms with Gasteiger partial charge in [0.15, 0.2) is 0 Å². The number of benzene rings is 1. The van der Waals surface area contributed by atoms with Crippen molar-refractivity contribution in [2.75, 3.05) is 13.2 Å². The van der Waals surface area contributed by atoms with Gasteiger partial charge in [0.05, 0.1) is 19.3 Å². The Hall–Kier alpha value is -1.06. The van der Waals surface area contributed by atoms with Crippen LogP contribution < -0.4 is 10.5 Å². The summed E-state index contributed by atoms with van der Waals surface area (Å²) in [5.41, 5.74) is 5.78. The second-order valence-electron chi connectivity index (χ2n) is 3.17. The van der Waals surface area contributed by atoms with E-state index >= 15 is 0 Å². The van der Waals surface area contributed by atoms with Crippen molar-refractivity contribution in [3.63, 3.8) is 0 Å². The molecule has 0 aromatic heterocycles. The first kappa shape index (κ1) is 8.53. The molecule has 0 radical (unpaired) electrons. The maximum atomic E-state index is 5.78. The SMILES string of the molecule is N[C@H]1COC[C@H]1Oc1ccccc1. The molecule has 2 atom stereocenters. The summed E-state index contributed by atoms with van der Waals surface area (Å²) in [5.74, 6) is 0.855. The standard InChI is InChI=1S/C10H13NO2/c11-9-6-12-7-10(9)13-8-4-2-1-3-5-8/h1-5,9-10H,6-7,11H2/t9-,10+/m0/s1. The fourth-order valence-corrected chi connectivity index (χ4v) is 1.35. The van der Waals surface area contributed by atoms with Gasteiger partial charge in [0.1, 0.15) is 11.9 Å². The van der Waals surface area contributed by atoms with Crippen LogP contribution in [0.25, 0.3) is 0 Å². The third-order valence-corrected chi connectivity index (χ3v) is 2.10. The van der Waals surface area contributed by atoms with E-state index in [0.29, 0.717) is 13.2 Å². The smallest absolute Gasteiger partial charge is 0.139 e. The number of ether oxygens (including phenoxy) is 2. The van der Waals surface area contributed by atoms with E-state index in [9.17, 15) is 0 Å². The van der Waals surface area contributed by atoms with Crippen LogP contribution in [0.4, 0.5) is 0 Å². The molecule has 1 fully saturated rings. The van der Waals surface area contributed by atoms with E-state index in [0.717, 1.165) is 5.75 Å². The Balaban J connectivity index is 1.98. The van der Waals surface area contributed by atoms with Crippen LogP contribution in [0, 0.1) is 0 Å². The molecule has 2 rings (SSSR count). The minimum Gasteiger partial charge on any atom is -0.486 e. The van der Waals surface area contributed by atoms with Crippen LogP contribution in [-0.4, -0.2) is 25.4 Å². The predicted octanol–water partition coefficient (Wildman–Crippen LogP) is 0.791. The van der Waals surface area contributed by atoms with Gasteiger partial charge in [-0.1, -0.05) is 18.2 Å². The second-order valence-corrected chi connectivity index (χ2v) is 3.17. The largest absolute Gasteiger partial charge is 0.486 e. The molecule has 3 nitrogen and oxygen atoms in total. The van der Waals surface area contributed by atoms with Crippen LogP contribution >= 0.6 is 0 Å². The van der Waals surface area contributed by atoms with E-state index < -0.39 is 0 Å². The molecule has 1 aromatic rings. The summed E-state index contributed by atoms with van der Waals surface area (Å²) >= 11 is 0. The Morgan fingerprint density at radius 1 is 1.23 bits per heavy atom. The molecule has 1 heterocycles. The van der Waals surface area contributed by atoms with Gasteiger partial charge in [-0.15, -0.1) is 0 Å². The van der Waals surface area contributed by atoms with E-state index in [2.05, 4.69) is 0 Å². The number of hydrogen-bond donors (Lipinski definition) is 1. The lowest BCUT2D eigenvalue weighted by Crippen LogP contribution is -2.37. The summed E-state index contributed by atoms with van der Waals surface area (Å²) in [7, 11) is 0. The minimum absolute atomic E-state index is 0.000191. The lowest BCUT2D eigenvalue weighted by molar-refractivity contribution is 0.140. The van der Waals surface area contributed by atoms with Crippen LogP contribution in [0.15, 0.2) is 30.3 Å². The van der Waals surface area contributed by atoms with Gasteiger partial charge in [-0.2, -0.15) is 0 Å². The molecule has 0 bridgehead atoms. The molecular weight excluding hydrogens is 166 g/mol. The van der Waals surface area contributed by atoms with Gasteiger partial charge in [0.2, 0.25) is 0 Å². The molecule has 0 spiro atoms. The summed E-state index contributed by atoms with van der Waals surface area (Å²) < 4.78 is 10.8.